The van der Waals surface area contributed by atoms with E-state index in [0.717, 1.165) is 5.56 Å². The molecule has 6 nitrogen and oxygen atoms in total. The maximum absolute atomic E-state index is 12.5. The number of ether oxygens (including phenoxy) is 2. The summed E-state index contributed by atoms with van der Waals surface area (Å²) in [6.45, 7) is 4.64. The van der Waals surface area contributed by atoms with E-state index in [9.17, 15) is 13.2 Å². The van der Waals surface area contributed by atoms with Crippen LogP contribution in [0.4, 0.5) is 0 Å². The maximum atomic E-state index is 12.5. The van der Waals surface area contributed by atoms with Crippen molar-refractivity contribution in [1.29, 1.82) is 0 Å². The Morgan fingerprint density at radius 1 is 1.41 bits per heavy atom. The smallest absolute Gasteiger partial charge is 0.324 e. The number of aryl methyl sites for hydroxylation is 1. The minimum absolute atomic E-state index is 0.131. The molecule has 2 rings (SSSR count). The molecule has 1 fully saturated rings. The van der Waals surface area contributed by atoms with Crippen LogP contribution in [-0.2, 0) is 24.3 Å². The third-order valence-electron chi connectivity index (χ3n) is 3.59. The van der Waals surface area contributed by atoms with Gasteiger partial charge in [-0.1, -0.05) is 17.7 Å². The van der Waals surface area contributed by atoms with E-state index in [1.165, 1.54) is 12.1 Å². The molecular formula is C15H21NO5S. The summed E-state index contributed by atoms with van der Waals surface area (Å²) in [7, 11) is -3.78. The first-order valence-electron chi connectivity index (χ1n) is 7.27. The van der Waals surface area contributed by atoms with Crippen LogP contribution in [0.3, 0.4) is 0 Å². The van der Waals surface area contributed by atoms with Crippen LogP contribution in [0.2, 0.25) is 0 Å². The molecule has 0 unspecified atom stereocenters. The number of benzene rings is 1. The van der Waals surface area contributed by atoms with Gasteiger partial charge in [0.2, 0.25) is 10.0 Å². The van der Waals surface area contributed by atoms with Crippen molar-refractivity contribution in [2.45, 2.75) is 31.2 Å². The van der Waals surface area contributed by atoms with Crippen LogP contribution in [0.15, 0.2) is 29.2 Å². The summed E-state index contributed by atoms with van der Waals surface area (Å²) >= 11 is 0. The van der Waals surface area contributed by atoms with Gasteiger partial charge in [0.1, 0.15) is 6.04 Å². The topological polar surface area (TPSA) is 81.7 Å². The van der Waals surface area contributed by atoms with Crippen LogP contribution in [0.1, 0.15) is 18.9 Å². The lowest BCUT2D eigenvalue weighted by molar-refractivity contribution is -0.146. The highest BCUT2D eigenvalue weighted by atomic mass is 32.2. The summed E-state index contributed by atoms with van der Waals surface area (Å²) in [5.41, 5.74) is 0.963. The van der Waals surface area contributed by atoms with E-state index >= 15 is 0 Å². The van der Waals surface area contributed by atoms with Gasteiger partial charge in [-0.2, -0.15) is 4.72 Å². The molecule has 2 atom stereocenters. The van der Waals surface area contributed by atoms with E-state index in [0.29, 0.717) is 19.6 Å². The molecule has 1 aliphatic rings. The Hall–Kier alpha value is -1.44. The van der Waals surface area contributed by atoms with Crippen molar-refractivity contribution in [3.8, 4) is 0 Å². The Balaban J connectivity index is 2.21. The molecule has 0 aliphatic carbocycles. The summed E-state index contributed by atoms with van der Waals surface area (Å²) in [6, 6.07) is 5.55. The van der Waals surface area contributed by atoms with E-state index in [2.05, 4.69) is 4.72 Å². The first-order chi connectivity index (χ1) is 10.4. The normalized spacial score (nSPS) is 19.8. The Bertz CT molecular complexity index is 605. The largest absolute Gasteiger partial charge is 0.465 e. The van der Waals surface area contributed by atoms with Crippen LogP contribution in [0.5, 0.6) is 0 Å². The quantitative estimate of drug-likeness (QED) is 0.795. The lowest BCUT2D eigenvalue weighted by atomic mass is 10.0. The van der Waals surface area contributed by atoms with Gasteiger partial charge < -0.3 is 9.47 Å². The van der Waals surface area contributed by atoms with Crippen molar-refractivity contribution in [3.63, 3.8) is 0 Å². The molecule has 1 aromatic rings. The lowest BCUT2D eigenvalue weighted by Crippen LogP contribution is -2.47. The third kappa shape index (κ3) is 4.06. The molecule has 1 heterocycles. The van der Waals surface area contributed by atoms with Gasteiger partial charge in [0.15, 0.2) is 0 Å². The van der Waals surface area contributed by atoms with Gasteiger partial charge in [0.25, 0.3) is 0 Å². The summed E-state index contributed by atoms with van der Waals surface area (Å²) in [5, 5.41) is 0. The van der Waals surface area contributed by atoms with Crippen LogP contribution in [-0.4, -0.2) is 40.2 Å². The molecule has 0 aromatic heterocycles. The monoisotopic (exact) mass is 327 g/mol. The fourth-order valence-electron chi connectivity index (χ4n) is 2.34. The molecule has 1 aromatic carbocycles. The first kappa shape index (κ1) is 16.9. The minimum atomic E-state index is -3.78. The molecule has 0 amide bonds. The second-order valence-corrected chi connectivity index (χ2v) is 7.00. The van der Waals surface area contributed by atoms with Crippen LogP contribution in [0, 0.1) is 12.8 Å². The molecule has 1 aliphatic heterocycles. The number of rotatable bonds is 6. The first-order valence-corrected chi connectivity index (χ1v) is 8.75. The third-order valence-corrected chi connectivity index (χ3v) is 5.05. The van der Waals surface area contributed by atoms with Crippen molar-refractivity contribution in [2.75, 3.05) is 19.8 Å². The van der Waals surface area contributed by atoms with E-state index in [1.807, 2.05) is 6.92 Å². The second kappa shape index (κ2) is 7.21. The molecule has 1 N–H and O–H groups in total. The van der Waals surface area contributed by atoms with Crippen LogP contribution in [0.25, 0.3) is 0 Å². The predicted molar refractivity (Wildman–Crippen MR) is 80.8 cm³/mol. The summed E-state index contributed by atoms with van der Waals surface area (Å²) < 4.78 is 37.6. The van der Waals surface area contributed by atoms with Gasteiger partial charge in [0, 0.05) is 12.5 Å². The summed E-state index contributed by atoms with van der Waals surface area (Å²) in [5.74, 6) is -0.770. The molecular weight excluding hydrogens is 306 g/mol. The Labute approximate surface area is 130 Å². The Morgan fingerprint density at radius 2 is 2.09 bits per heavy atom. The predicted octanol–water partition coefficient (Wildman–Crippen LogP) is 1.24. The molecule has 122 valence electrons. The molecule has 0 radical (unpaired) electrons. The zero-order valence-corrected chi connectivity index (χ0v) is 13.6. The number of hydrogen-bond donors (Lipinski definition) is 1. The second-order valence-electron chi connectivity index (χ2n) is 5.29. The zero-order valence-electron chi connectivity index (χ0n) is 12.7. The average molecular weight is 327 g/mol. The van der Waals surface area contributed by atoms with Crippen molar-refractivity contribution in [2.24, 2.45) is 5.92 Å². The molecule has 7 heteroatoms. The van der Waals surface area contributed by atoms with Gasteiger partial charge in [-0.05, 0) is 32.4 Å². The minimum Gasteiger partial charge on any atom is -0.465 e. The van der Waals surface area contributed by atoms with Gasteiger partial charge in [-0.15, -0.1) is 0 Å². The summed E-state index contributed by atoms with van der Waals surface area (Å²) in [4.78, 5) is 12.2. The maximum Gasteiger partial charge on any atom is 0.324 e. The van der Waals surface area contributed by atoms with Crippen molar-refractivity contribution < 1.29 is 22.7 Å². The van der Waals surface area contributed by atoms with Gasteiger partial charge in [-0.3, -0.25) is 4.79 Å². The lowest BCUT2D eigenvalue weighted by Gasteiger charge is -2.21. The van der Waals surface area contributed by atoms with E-state index in [-0.39, 0.29) is 17.4 Å². The van der Waals surface area contributed by atoms with Gasteiger partial charge in [-0.25, -0.2) is 8.42 Å². The fraction of sp³-hybridized carbons (Fsp3) is 0.533. The van der Waals surface area contributed by atoms with Crippen molar-refractivity contribution in [3.05, 3.63) is 29.8 Å². The number of carbonyl (C=O) groups excluding carboxylic acids is 1. The van der Waals surface area contributed by atoms with Crippen LogP contribution < -0.4 is 4.72 Å². The van der Waals surface area contributed by atoms with Gasteiger partial charge in [0.05, 0.1) is 18.1 Å². The van der Waals surface area contributed by atoms with Crippen molar-refractivity contribution in [1.82, 2.24) is 4.72 Å². The zero-order chi connectivity index (χ0) is 16.2. The number of esters is 1. The number of sulfonamides is 1. The number of nitrogens with one attached hydrogen (secondary N) is 1. The summed E-state index contributed by atoms with van der Waals surface area (Å²) in [6.07, 6.45) is 0.625. The van der Waals surface area contributed by atoms with E-state index in [1.54, 1.807) is 19.1 Å². The molecule has 0 bridgehead atoms. The molecule has 22 heavy (non-hydrogen) atoms. The fourth-order valence-corrected chi connectivity index (χ4v) is 3.59. The van der Waals surface area contributed by atoms with Crippen LogP contribution >= 0.6 is 0 Å². The molecule has 1 saturated heterocycles. The highest BCUT2D eigenvalue weighted by molar-refractivity contribution is 7.89. The van der Waals surface area contributed by atoms with Crippen molar-refractivity contribution >= 4 is 16.0 Å². The van der Waals surface area contributed by atoms with E-state index in [4.69, 9.17) is 9.47 Å². The average Bonchev–Trinajstić information content (AvgIpc) is 2.99. The number of hydrogen-bond acceptors (Lipinski definition) is 5. The molecule has 0 spiro atoms. The SMILES string of the molecule is CCOC(=O)[C@@H](NS(=O)(=O)c1ccc(C)cc1)[C@@H]1CCOC1. The molecule has 0 saturated carbocycles. The van der Waals surface area contributed by atoms with Gasteiger partial charge >= 0.3 is 5.97 Å². The van der Waals surface area contributed by atoms with E-state index < -0.39 is 22.0 Å². The Morgan fingerprint density at radius 3 is 2.64 bits per heavy atom. The standard InChI is InChI=1S/C15H21NO5S/c1-3-21-15(17)14(12-8-9-20-10-12)16-22(18,19)13-6-4-11(2)5-7-13/h4-7,12,14,16H,3,8-10H2,1-2H3/t12-,14+/m1/s1. The Kier molecular flexibility index (Phi) is 5.55. The highest BCUT2D eigenvalue weighted by Gasteiger charge is 2.36. The number of carbonyl (C=O) groups is 1. The highest BCUT2D eigenvalue weighted by Crippen LogP contribution is 2.20.